The second kappa shape index (κ2) is 10.6. The molecular formula is C17H26IN5S. The molecule has 7 heteroatoms. The van der Waals surface area contributed by atoms with Crippen molar-refractivity contribution in [2.45, 2.75) is 33.7 Å². The second-order valence-corrected chi connectivity index (χ2v) is 6.56. The summed E-state index contributed by atoms with van der Waals surface area (Å²) in [5.74, 6) is 0.921. The van der Waals surface area contributed by atoms with Crippen LogP contribution in [0.2, 0.25) is 0 Å². The van der Waals surface area contributed by atoms with E-state index in [2.05, 4.69) is 45.5 Å². The zero-order valence-corrected chi connectivity index (χ0v) is 17.9. The fraction of sp³-hybridized carbons (Fsp3) is 0.471. The van der Waals surface area contributed by atoms with Gasteiger partial charge >= 0.3 is 0 Å². The maximum atomic E-state index is 4.74. The van der Waals surface area contributed by atoms with Gasteiger partial charge in [0.05, 0.1) is 17.2 Å². The molecule has 0 spiro atoms. The summed E-state index contributed by atoms with van der Waals surface area (Å²) in [6.07, 6.45) is 4.67. The Labute approximate surface area is 165 Å². The number of aliphatic imine (C=N–C) groups is 1. The number of halogens is 1. The molecule has 0 aromatic carbocycles. The molecule has 1 N–H and O–H groups in total. The number of hydrogen-bond acceptors (Lipinski definition) is 4. The lowest BCUT2D eigenvalue weighted by atomic mass is 10.1. The van der Waals surface area contributed by atoms with E-state index in [0.29, 0.717) is 0 Å². The third kappa shape index (κ3) is 6.35. The van der Waals surface area contributed by atoms with E-state index in [1.807, 2.05) is 26.4 Å². The first-order valence-corrected chi connectivity index (χ1v) is 8.78. The van der Waals surface area contributed by atoms with Gasteiger partial charge in [-0.25, -0.2) is 4.98 Å². The Morgan fingerprint density at radius 2 is 2.17 bits per heavy atom. The summed E-state index contributed by atoms with van der Waals surface area (Å²) in [5, 5.41) is 6.56. The number of pyridine rings is 1. The first-order valence-electron chi connectivity index (χ1n) is 7.90. The predicted molar refractivity (Wildman–Crippen MR) is 112 cm³/mol. The molecule has 0 fully saturated rings. The van der Waals surface area contributed by atoms with Gasteiger partial charge in [-0.15, -0.1) is 35.3 Å². The molecule has 0 saturated heterocycles. The molecule has 0 atom stereocenters. The molecular weight excluding hydrogens is 433 g/mol. The number of aromatic nitrogens is 2. The lowest BCUT2D eigenvalue weighted by Crippen LogP contribution is -2.38. The Morgan fingerprint density at radius 3 is 2.79 bits per heavy atom. The highest BCUT2D eigenvalue weighted by molar-refractivity contribution is 14.0. The Morgan fingerprint density at radius 1 is 1.38 bits per heavy atom. The van der Waals surface area contributed by atoms with Gasteiger partial charge < -0.3 is 10.2 Å². The molecule has 0 saturated carbocycles. The Bertz CT molecular complexity index is 656. The van der Waals surface area contributed by atoms with E-state index in [0.717, 1.165) is 42.7 Å². The molecule has 2 aromatic heterocycles. The molecule has 2 heterocycles. The monoisotopic (exact) mass is 459 g/mol. The van der Waals surface area contributed by atoms with Crippen LogP contribution in [0.4, 0.5) is 0 Å². The standard InChI is InChI=1S/C17H25N5S.HI/c1-5-19-17(22(4)11-16-12-23-14(3)21-16)20-9-7-15-6-8-18-10-13(15)2;/h6,8,10,12H,5,7,9,11H2,1-4H3,(H,19,20);1H. The molecule has 0 radical (unpaired) electrons. The SMILES string of the molecule is CCNC(=NCCc1ccncc1C)N(C)Cc1csc(C)n1.I. The Hall–Kier alpha value is -1.22. The summed E-state index contributed by atoms with van der Waals surface area (Å²) in [7, 11) is 2.05. The Balaban J connectivity index is 0.00000288. The molecule has 0 bridgehead atoms. The quantitative estimate of drug-likeness (QED) is 0.409. The van der Waals surface area contributed by atoms with E-state index < -0.39 is 0 Å². The fourth-order valence-electron chi connectivity index (χ4n) is 2.33. The van der Waals surface area contributed by atoms with E-state index in [9.17, 15) is 0 Å². The molecule has 0 unspecified atom stereocenters. The van der Waals surface area contributed by atoms with Gasteiger partial charge in [0.15, 0.2) is 5.96 Å². The normalized spacial score (nSPS) is 11.1. The molecule has 2 aromatic rings. The lowest BCUT2D eigenvalue weighted by Gasteiger charge is -2.21. The van der Waals surface area contributed by atoms with Crippen LogP contribution in [0.5, 0.6) is 0 Å². The van der Waals surface area contributed by atoms with Gasteiger partial charge in [0.25, 0.3) is 0 Å². The fourth-order valence-corrected chi connectivity index (χ4v) is 2.94. The summed E-state index contributed by atoms with van der Waals surface area (Å²) in [6, 6.07) is 2.07. The van der Waals surface area contributed by atoms with Crippen LogP contribution >= 0.6 is 35.3 Å². The minimum absolute atomic E-state index is 0. The van der Waals surface area contributed by atoms with Crippen molar-refractivity contribution in [3.63, 3.8) is 0 Å². The van der Waals surface area contributed by atoms with Gasteiger partial charge in [0.1, 0.15) is 0 Å². The van der Waals surface area contributed by atoms with Crippen LogP contribution in [0.25, 0.3) is 0 Å². The number of rotatable bonds is 6. The van der Waals surface area contributed by atoms with Crippen molar-refractivity contribution in [1.29, 1.82) is 0 Å². The molecule has 0 aliphatic carbocycles. The Kier molecular flexibility index (Phi) is 9.20. The van der Waals surface area contributed by atoms with Crippen LogP contribution in [0, 0.1) is 13.8 Å². The molecule has 24 heavy (non-hydrogen) atoms. The van der Waals surface area contributed by atoms with Crippen LogP contribution in [-0.4, -0.2) is 41.0 Å². The predicted octanol–water partition coefficient (Wildman–Crippen LogP) is 3.41. The highest BCUT2D eigenvalue weighted by Gasteiger charge is 2.08. The number of guanidine groups is 1. The first kappa shape index (κ1) is 20.8. The number of hydrogen-bond donors (Lipinski definition) is 1. The van der Waals surface area contributed by atoms with E-state index in [1.54, 1.807) is 11.3 Å². The van der Waals surface area contributed by atoms with Crippen molar-refractivity contribution in [2.24, 2.45) is 4.99 Å². The first-order chi connectivity index (χ1) is 11.1. The van der Waals surface area contributed by atoms with Crippen LogP contribution in [0.1, 0.15) is 28.8 Å². The highest BCUT2D eigenvalue weighted by atomic mass is 127. The largest absolute Gasteiger partial charge is 0.357 e. The number of nitrogens with zero attached hydrogens (tertiary/aromatic N) is 4. The van der Waals surface area contributed by atoms with Crippen molar-refractivity contribution in [2.75, 3.05) is 20.1 Å². The van der Waals surface area contributed by atoms with Gasteiger partial charge in [-0.1, -0.05) is 0 Å². The molecule has 0 amide bonds. The van der Waals surface area contributed by atoms with Crippen LogP contribution < -0.4 is 5.32 Å². The summed E-state index contributed by atoms with van der Waals surface area (Å²) in [6.45, 7) is 8.59. The van der Waals surface area contributed by atoms with Crippen LogP contribution in [0.15, 0.2) is 28.8 Å². The number of thiazole rings is 1. The third-order valence-electron chi connectivity index (χ3n) is 3.54. The summed E-state index contributed by atoms with van der Waals surface area (Å²) >= 11 is 1.68. The molecule has 5 nitrogen and oxygen atoms in total. The van der Waals surface area contributed by atoms with Gasteiger partial charge in [-0.05, 0) is 44.4 Å². The van der Waals surface area contributed by atoms with Crippen LogP contribution in [0.3, 0.4) is 0 Å². The zero-order valence-electron chi connectivity index (χ0n) is 14.7. The maximum absolute atomic E-state index is 4.74. The molecule has 0 aliphatic heterocycles. The third-order valence-corrected chi connectivity index (χ3v) is 4.36. The van der Waals surface area contributed by atoms with Crippen molar-refractivity contribution in [3.05, 3.63) is 45.7 Å². The summed E-state index contributed by atoms with van der Waals surface area (Å²) in [4.78, 5) is 15.5. The van der Waals surface area contributed by atoms with Gasteiger partial charge in [-0.3, -0.25) is 9.98 Å². The van der Waals surface area contributed by atoms with E-state index >= 15 is 0 Å². The average molecular weight is 459 g/mol. The maximum Gasteiger partial charge on any atom is 0.194 e. The summed E-state index contributed by atoms with van der Waals surface area (Å²) < 4.78 is 0. The van der Waals surface area contributed by atoms with E-state index in [1.165, 1.54) is 11.1 Å². The van der Waals surface area contributed by atoms with Crippen LogP contribution in [-0.2, 0) is 13.0 Å². The number of aryl methyl sites for hydroxylation is 2. The minimum atomic E-state index is 0. The zero-order chi connectivity index (χ0) is 16.7. The van der Waals surface area contributed by atoms with Crippen molar-refractivity contribution in [1.82, 2.24) is 20.2 Å². The smallest absolute Gasteiger partial charge is 0.194 e. The molecule has 132 valence electrons. The number of nitrogens with one attached hydrogen (secondary N) is 1. The molecule has 0 aliphatic rings. The van der Waals surface area contributed by atoms with Gasteiger partial charge in [0.2, 0.25) is 0 Å². The average Bonchev–Trinajstić information content (AvgIpc) is 2.93. The van der Waals surface area contributed by atoms with E-state index in [-0.39, 0.29) is 24.0 Å². The second-order valence-electron chi connectivity index (χ2n) is 5.50. The topological polar surface area (TPSA) is 53.4 Å². The molecule has 2 rings (SSSR count). The van der Waals surface area contributed by atoms with E-state index in [4.69, 9.17) is 4.99 Å². The van der Waals surface area contributed by atoms with Crippen molar-refractivity contribution < 1.29 is 0 Å². The van der Waals surface area contributed by atoms with Gasteiger partial charge in [-0.2, -0.15) is 0 Å². The summed E-state index contributed by atoms with van der Waals surface area (Å²) in [5.41, 5.74) is 3.61. The highest BCUT2D eigenvalue weighted by Crippen LogP contribution is 2.10. The lowest BCUT2D eigenvalue weighted by molar-refractivity contribution is 0.471. The van der Waals surface area contributed by atoms with Crippen molar-refractivity contribution >= 4 is 41.3 Å². The minimum Gasteiger partial charge on any atom is -0.357 e. The van der Waals surface area contributed by atoms with Gasteiger partial charge in [0, 0.05) is 37.9 Å². The van der Waals surface area contributed by atoms with Crippen molar-refractivity contribution in [3.8, 4) is 0 Å².